The number of anilines is 3. The van der Waals surface area contributed by atoms with E-state index in [9.17, 15) is 4.79 Å². The maximum Gasteiger partial charge on any atom is 0.265 e. The highest BCUT2D eigenvalue weighted by molar-refractivity contribution is 7.12. The SMILES string of the molecule is O=C(Nc1ccc(-c2[nH]nc3ncnc(Nc4cccc(Cl)c4)c23)cc1)c1cccs1. The van der Waals surface area contributed by atoms with Gasteiger partial charge in [0.2, 0.25) is 0 Å². The molecule has 0 atom stereocenters. The lowest BCUT2D eigenvalue weighted by Gasteiger charge is -2.08. The standard InChI is InChI=1S/C22H15ClN6OS/c23-14-3-1-4-16(11-14)26-20-18-19(28-29-21(18)25-12-24-20)13-6-8-15(9-7-13)27-22(30)17-5-2-10-31-17/h1-12H,(H,27,30)(H2,24,25,26,28,29). The van der Waals surface area contributed by atoms with Crippen LogP contribution in [0.4, 0.5) is 17.2 Å². The van der Waals surface area contributed by atoms with Crippen LogP contribution in [-0.4, -0.2) is 26.1 Å². The molecule has 0 spiro atoms. The van der Waals surface area contributed by atoms with Crippen LogP contribution in [0.3, 0.4) is 0 Å². The van der Waals surface area contributed by atoms with Gasteiger partial charge in [0.1, 0.15) is 12.1 Å². The van der Waals surface area contributed by atoms with Crippen LogP contribution < -0.4 is 10.6 Å². The third-order valence-corrected chi connectivity index (χ3v) is 5.72. The van der Waals surface area contributed by atoms with Crippen LogP contribution >= 0.6 is 22.9 Å². The van der Waals surface area contributed by atoms with Crippen molar-refractivity contribution in [1.29, 1.82) is 0 Å². The normalized spacial score (nSPS) is 10.9. The Balaban J connectivity index is 1.45. The van der Waals surface area contributed by atoms with Gasteiger partial charge >= 0.3 is 0 Å². The molecular formula is C22H15ClN6OS. The van der Waals surface area contributed by atoms with Crippen LogP contribution in [0.25, 0.3) is 22.3 Å². The molecule has 5 rings (SSSR count). The predicted octanol–water partition coefficient (Wildman–Crippen LogP) is 5.73. The lowest BCUT2D eigenvalue weighted by molar-refractivity contribution is 0.103. The second kappa shape index (κ2) is 8.17. The molecule has 0 aliphatic heterocycles. The molecule has 0 unspecified atom stereocenters. The fourth-order valence-corrected chi connectivity index (χ4v) is 3.99. The summed E-state index contributed by atoms with van der Waals surface area (Å²) >= 11 is 7.50. The van der Waals surface area contributed by atoms with Crippen molar-refractivity contribution in [2.45, 2.75) is 0 Å². The Bertz CT molecular complexity index is 1360. The van der Waals surface area contributed by atoms with Crippen LogP contribution in [0, 0.1) is 0 Å². The lowest BCUT2D eigenvalue weighted by atomic mass is 10.1. The molecular weight excluding hydrogens is 432 g/mol. The molecule has 9 heteroatoms. The molecule has 3 N–H and O–H groups in total. The first-order valence-corrected chi connectivity index (χ1v) is 10.6. The van der Waals surface area contributed by atoms with Gasteiger partial charge in [-0.05, 0) is 41.8 Å². The van der Waals surface area contributed by atoms with Crippen LogP contribution in [0.5, 0.6) is 0 Å². The lowest BCUT2D eigenvalue weighted by Crippen LogP contribution is -2.09. The van der Waals surface area contributed by atoms with Gasteiger partial charge in [0.25, 0.3) is 5.91 Å². The third-order valence-electron chi connectivity index (χ3n) is 4.61. The number of hydrogen-bond acceptors (Lipinski definition) is 6. The summed E-state index contributed by atoms with van der Waals surface area (Å²) < 4.78 is 0. The maximum atomic E-state index is 12.3. The zero-order chi connectivity index (χ0) is 21.2. The van der Waals surface area contributed by atoms with E-state index in [1.54, 1.807) is 6.07 Å². The molecule has 0 saturated heterocycles. The Morgan fingerprint density at radius 3 is 2.65 bits per heavy atom. The topological polar surface area (TPSA) is 95.6 Å². The van der Waals surface area contributed by atoms with Gasteiger partial charge in [0, 0.05) is 22.0 Å². The Kier molecular flexibility index (Phi) is 5.07. The van der Waals surface area contributed by atoms with E-state index in [-0.39, 0.29) is 5.91 Å². The number of aromatic amines is 1. The molecule has 31 heavy (non-hydrogen) atoms. The van der Waals surface area contributed by atoms with Crippen molar-refractivity contribution < 1.29 is 4.79 Å². The number of H-pyrrole nitrogens is 1. The molecule has 0 aliphatic carbocycles. The Morgan fingerprint density at radius 2 is 1.87 bits per heavy atom. The first-order chi connectivity index (χ1) is 15.2. The van der Waals surface area contributed by atoms with Gasteiger partial charge in [-0.3, -0.25) is 9.89 Å². The monoisotopic (exact) mass is 446 g/mol. The molecule has 3 heterocycles. The summed E-state index contributed by atoms with van der Waals surface area (Å²) in [6.45, 7) is 0. The highest BCUT2D eigenvalue weighted by Gasteiger charge is 2.15. The Morgan fingerprint density at radius 1 is 1.00 bits per heavy atom. The van der Waals surface area contributed by atoms with Crippen LogP contribution in [-0.2, 0) is 0 Å². The number of carbonyl (C=O) groups is 1. The fraction of sp³-hybridized carbons (Fsp3) is 0. The van der Waals surface area contributed by atoms with E-state index in [1.165, 1.54) is 17.7 Å². The van der Waals surface area contributed by atoms with Crippen molar-refractivity contribution in [1.82, 2.24) is 20.2 Å². The molecule has 0 saturated carbocycles. The number of nitrogens with zero attached hydrogens (tertiary/aromatic N) is 3. The molecule has 0 bridgehead atoms. The Hall–Kier alpha value is -3.75. The Labute approximate surface area is 186 Å². The minimum absolute atomic E-state index is 0.129. The van der Waals surface area contributed by atoms with Crippen molar-refractivity contribution in [2.24, 2.45) is 0 Å². The maximum absolute atomic E-state index is 12.3. The zero-order valence-electron chi connectivity index (χ0n) is 16.0. The molecule has 0 fully saturated rings. The first kappa shape index (κ1) is 19.2. The molecule has 7 nitrogen and oxygen atoms in total. The van der Waals surface area contributed by atoms with E-state index in [2.05, 4.69) is 30.8 Å². The van der Waals surface area contributed by atoms with Gasteiger partial charge in [-0.2, -0.15) is 5.10 Å². The van der Waals surface area contributed by atoms with Crippen LogP contribution in [0.2, 0.25) is 5.02 Å². The largest absolute Gasteiger partial charge is 0.339 e. The quantitative estimate of drug-likeness (QED) is 0.320. The summed E-state index contributed by atoms with van der Waals surface area (Å²) in [7, 11) is 0. The molecule has 0 radical (unpaired) electrons. The van der Waals surface area contributed by atoms with Gasteiger partial charge in [-0.25, -0.2) is 9.97 Å². The smallest absolute Gasteiger partial charge is 0.265 e. The number of fused-ring (bicyclic) bond motifs is 1. The van der Waals surface area contributed by atoms with E-state index in [1.807, 2.05) is 60.0 Å². The number of amides is 1. The zero-order valence-corrected chi connectivity index (χ0v) is 17.5. The second-order valence-electron chi connectivity index (χ2n) is 6.66. The number of halogens is 1. The summed E-state index contributed by atoms with van der Waals surface area (Å²) in [6, 6.07) is 18.6. The van der Waals surface area contributed by atoms with E-state index < -0.39 is 0 Å². The number of rotatable bonds is 5. The first-order valence-electron chi connectivity index (χ1n) is 9.34. The molecule has 5 aromatic rings. The summed E-state index contributed by atoms with van der Waals surface area (Å²) in [5.74, 6) is 0.488. The highest BCUT2D eigenvalue weighted by Crippen LogP contribution is 2.32. The van der Waals surface area contributed by atoms with Crippen LogP contribution in [0.1, 0.15) is 9.67 Å². The van der Waals surface area contributed by atoms with E-state index in [4.69, 9.17) is 11.6 Å². The highest BCUT2D eigenvalue weighted by atomic mass is 35.5. The van der Waals surface area contributed by atoms with Gasteiger partial charge in [-0.1, -0.05) is 35.9 Å². The van der Waals surface area contributed by atoms with Crippen molar-refractivity contribution >= 4 is 57.1 Å². The molecule has 152 valence electrons. The number of nitrogens with one attached hydrogen (secondary N) is 3. The third kappa shape index (κ3) is 3.98. The number of carbonyl (C=O) groups excluding carboxylic acids is 1. The summed E-state index contributed by atoms with van der Waals surface area (Å²) in [5.41, 5.74) is 3.73. The summed E-state index contributed by atoms with van der Waals surface area (Å²) in [6.07, 6.45) is 1.46. The molecule has 3 aromatic heterocycles. The van der Waals surface area contributed by atoms with Gasteiger partial charge in [0.05, 0.1) is 16.0 Å². The van der Waals surface area contributed by atoms with E-state index in [0.717, 1.165) is 22.3 Å². The van der Waals surface area contributed by atoms with Gasteiger partial charge in [-0.15, -0.1) is 11.3 Å². The number of aromatic nitrogens is 4. The van der Waals surface area contributed by atoms with E-state index >= 15 is 0 Å². The van der Waals surface area contributed by atoms with Crippen molar-refractivity contribution in [3.05, 3.63) is 82.3 Å². The number of benzene rings is 2. The average molecular weight is 447 g/mol. The molecule has 2 aromatic carbocycles. The summed E-state index contributed by atoms with van der Waals surface area (Å²) in [5, 5.41) is 16.8. The molecule has 0 aliphatic rings. The minimum Gasteiger partial charge on any atom is -0.339 e. The van der Waals surface area contributed by atoms with Crippen molar-refractivity contribution in [3.8, 4) is 11.3 Å². The minimum atomic E-state index is -0.129. The van der Waals surface area contributed by atoms with Crippen LogP contribution in [0.15, 0.2) is 72.4 Å². The van der Waals surface area contributed by atoms with E-state index in [0.29, 0.717) is 27.1 Å². The number of hydrogen-bond donors (Lipinski definition) is 3. The average Bonchev–Trinajstić information content (AvgIpc) is 3.45. The fourth-order valence-electron chi connectivity index (χ4n) is 3.18. The second-order valence-corrected chi connectivity index (χ2v) is 8.05. The van der Waals surface area contributed by atoms with Crippen molar-refractivity contribution in [2.75, 3.05) is 10.6 Å². The van der Waals surface area contributed by atoms with Crippen molar-refractivity contribution in [3.63, 3.8) is 0 Å². The number of thiophene rings is 1. The molecule has 1 amide bonds. The summed E-state index contributed by atoms with van der Waals surface area (Å²) in [4.78, 5) is 21.6. The van der Waals surface area contributed by atoms with Gasteiger partial charge in [0.15, 0.2) is 5.65 Å². The predicted molar refractivity (Wildman–Crippen MR) is 124 cm³/mol. The van der Waals surface area contributed by atoms with Gasteiger partial charge < -0.3 is 10.6 Å².